The zero-order valence-corrected chi connectivity index (χ0v) is 10.3. The number of pyridine rings is 1. The molecule has 0 radical (unpaired) electrons. The van der Waals surface area contributed by atoms with Crippen LogP contribution in [0.3, 0.4) is 0 Å². The lowest BCUT2D eigenvalue weighted by Gasteiger charge is -2.09. The van der Waals surface area contributed by atoms with E-state index in [1.165, 1.54) is 5.69 Å². The number of aromatic nitrogens is 3. The van der Waals surface area contributed by atoms with E-state index in [2.05, 4.69) is 30.0 Å². The molecule has 2 rings (SSSR count). The van der Waals surface area contributed by atoms with Crippen LogP contribution in [-0.2, 0) is 6.42 Å². The molecule has 0 spiro atoms. The number of hydrogen-bond acceptors (Lipinski definition) is 3. The minimum Gasteiger partial charge on any atom is -0.330 e. The van der Waals surface area contributed by atoms with E-state index >= 15 is 0 Å². The number of nitrogens with two attached hydrogens (primary N) is 1. The topological polar surface area (TPSA) is 56.7 Å². The summed E-state index contributed by atoms with van der Waals surface area (Å²) in [4.78, 5) is 4.02. The summed E-state index contributed by atoms with van der Waals surface area (Å²) < 4.78 is 2.04. The maximum absolute atomic E-state index is 5.63. The van der Waals surface area contributed by atoms with E-state index < -0.39 is 0 Å². The van der Waals surface area contributed by atoms with Crippen molar-refractivity contribution in [3.05, 3.63) is 36.3 Å². The third kappa shape index (κ3) is 2.53. The Morgan fingerprint density at radius 1 is 1.29 bits per heavy atom. The average Bonchev–Trinajstić information content (AvgIpc) is 2.75. The predicted octanol–water partition coefficient (Wildman–Crippen LogP) is 2.03. The third-order valence-corrected chi connectivity index (χ3v) is 2.68. The largest absolute Gasteiger partial charge is 0.330 e. The molecule has 0 fully saturated rings. The molecule has 0 aliphatic carbocycles. The first-order valence-corrected chi connectivity index (χ1v) is 5.91. The van der Waals surface area contributed by atoms with Crippen molar-refractivity contribution in [1.82, 2.24) is 14.8 Å². The highest BCUT2D eigenvalue weighted by Crippen LogP contribution is 2.20. The van der Waals surface area contributed by atoms with Crippen molar-refractivity contribution in [3.63, 3.8) is 0 Å². The van der Waals surface area contributed by atoms with Gasteiger partial charge in [0.05, 0.1) is 5.69 Å². The zero-order valence-electron chi connectivity index (χ0n) is 10.3. The first kappa shape index (κ1) is 11.8. The van der Waals surface area contributed by atoms with Crippen LogP contribution in [-0.4, -0.2) is 21.3 Å². The van der Waals surface area contributed by atoms with Crippen molar-refractivity contribution in [2.45, 2.75) is 26.3 Å². The van der Waals surface area contributed by atoms with Gasteiger partial charge in [-0.2, -0.15) is 5.10 Å². The highest BCUT2D eigenvalue weighted by Gasteiger charge is 2.10. The lowest BCUT2D eigenvalue weighted by Crippen LogP contribution is -2.11. The molecule has 0 aliphatic rings. The first-order valence-electron chi connectivity index (χ1n) is 5.91. The van der Waals surface area contributed by atoms with Crippen LogP contribution >= 0.6 is 0 Å². The van der Waals surface area contributed by atoms with Gasteiger partial charge in [-0.15, -0.1) is 0 Å². The van der Waals surface area contributed by atoms with Crippen LogP contribution in [0, 0.1) is 0 Å². The Balaban J connectivity index is 2.40. The second-order valence-corrected chi connectivity index (χ2v) is 4.33. The van der Waals surface area contributed by atoms with Crippen LogP contribution in [0.25, 0.3) is 11.3 Å². The quantitative estimate of drug-likeness (QED) is 0.874. The highest BCUT2D eigenvalue weighted by molar-refractivity contribution is 5.58. The molecule has 0 aliphatic heterocycles. The minimum absolute atomic E-state index is 0.354. The Bertz CT molecular complexity index is 473. The minimum atomic E-state index is 0.354. The third-order valence-electron chi connectivity index (χ3n) is 2.68. The van der Waals surface area contributed by atoms with Gasteiger partial charge in [-0.3, -0.25) is 9.67 Å². The van der Waals surface area contributed by atoms with Crippen LogP contribution in [0.5, 0.6) is 0 Å². The van der Waals surface area contributed by atoms with Crippen LogP contribution < -0.4 is 5.73 Å². The molecular weight excluding hydrogens is 212 g/mol. The Morgan fingerprint density at radius 2 is 2.00 bits per heavy atom. The predicted molar refractivity (Wildman–Crippen MR) is 68.6 cm³/mol. The Morgan fingerprint density at radius 3 is 2.59 bits per heavy atom. The van der Waals surface area contributed by atoms with E-state index in [9.17, 15) is 0 Å². The van der Waals surface area contributed by atoms with Gasteiger partial charge in [0, 0.05) is 36.1 Å². The Kier molecular flexibility index (Phi) is 3.54. The fourth-order valence-corrected chi connectivity index (χ4v) is 1.88. The summed E-state index contributed by atoms with van der Waals surface area (Å²) >= 11 is 0. The molecule has 17 heavy (non-hydrogen) atoms. The van der Waals surface area contributed by atoms with Gasteiger partial charge in [0.2, 0.25) is 0 Å². The number of rotatable bonds is 4. The average molecular weight is 230 g/mol. The van der Waals surface area contributed by atoms with Gasteiger partial charge >= 0.3 is 0 Å². The lowest BCUT2D eigenvalue weighted by molar-refractivity contribution is 0.510. The molecule has 0 amide bonds. The van der Waals surface area contributed by atoms with Gasteiger partial charge in [-0.05, 0) is 38.6 Å². The van der Waals surface area contributed by atoms with Crippen molar-refractivity contribution in [3.8, 4) is 11.3 Å². The Labute approximate surface area is 101 Å². The summed E-state index contributed by atoms with van der Waals surface area (Å²) in [5, 5.41) is 4.63. The second-order valence-electron chi connectivity index (χ2n) is 4.33. The maximum Gasteiger partial charge on any atom is 0.0927 e. The van der Waals surface area contributed by atoms with E-state index in [0.29, 0.717) is 12.6 Å². The first-order chi connectivity index (χ1) is 8.22. The van der Waals surface area contributed by atoms with E-state index in [-0.39, 0.29) is 0 Å². The molecule has 0 unspecified atom stereocenters. The molecule has 2 aromatic rings. The van der Waals surface area contributed by atoms with Gasteiger partial charge < -0.3 is 5.73 Å². The fraction of sp³-hybridized carbons (Fsp3) is 0.385. The molecule has 2 heterocycles. The van der Waals surface area contributed by atoms with Crippen molar-refractivity contribution in [1.29, 1.82) is 0 Å². The number of hydrogen-bond donors (Lipinski definition) is 1. The molecule has 0 aromatic carbocycles. The zero-order chi connectivity index (χ0) is 12.3. The van der Waals surface area contributed by atoms with Crippen molar-refractivity contribution < 1.29 is 0 Å². The normalized spacial score (nSPS) is 11.1. The number of nitrogens with zero attached hydrogens (tertiary/aromatic N) is 3. The van der Waals surface area contributed by atoms with Gasteiger partial charge in [-0.25, -0.2) is 0 Å². The van der Waals surface area contributed by atoms with Crippen LogP contribution in [0.4, 0.5) is 0 Å². The van der Waals surface area contributed by atoms with E-state index in [1.807, 2.05) is 16.8 Å². The van der Waals surface area contributed by atoms with Crippen LogP contribution in [0.1, 0.15) is 25.6 Å². The summed E-state index contributed by atoms with van der Waals surface area (Å²) in [6, 6.07) is 6.41. The molecule has 0 atom stereocenters. The Hall–Kier alpha value is -1.68. The van der Waals surface area contributed by atoms with Crippen LogP contribution in [0.15, 0.2) is 30.6 Å². The summed E-state index contributed by atoms with van der Waals surface area (Å²) in [5.41, 5.74) is 8.90. The van der Waals surface area contributed by atoms with Crippen molar-refractivity contribution in [2.24, 2.45) is 5.73 Å². The molecular formula is C13H18N4. The summed E-state index contributed by atoms with van der Waals surface area (Å²) in [6.07, 6.45) is 4.43. The fourth-order valence-electron chi connectivity index (χ4n) is 1.88. The molecule has 0 saturated heterocycles. The van der Waals surface area contributed by atoms with Crippen LogP contribution in [0.2, 0.25) is 0 Å². The standard InChI is InChI=1S/C13H18N4/c1-10(2)17-12(3-6-14)9-13(16-17)11-4-7-15-8-5-11/h4-5,7-10H,3,6,14H2,1-2H3. The SMILES string of the molecule is CC(C)n1nc(-c2ccncc2)cc1CCN. The van der Waals surface area contributed by atoms with E-state index in [1.54, 1.807) is 12.4 Å². The smallest absolute Gasteiger partial charge is 0.0927 e. The lowest BCUT2D eigenvalue weighted by atomic mass is 10.2. The summed E-state index contributed by atoms with van der Waals surface area (Å²) in [5.74, 6) is 0. The molecule has 4 nitrogen and oxygen atoms in total. The van der Waals surface area contributed by atoms with Gasteiger partial charge in [0.15, 0.2) is 0 Å². The van der Waals surface area contributed by atoms with Gasteiger partial charge in [0.25, 0.3) is 0 Å². The van der Waals surface area contributed by atoms with E-state index in [4.69, 9.17) is 5.73 Å². The summed E-state index contributed by atoms with van der Waals surface area (Å²) in [6.45, 7) is 4.90. The molecule has 90 valence electrons. The summed E-state index contributed by atoms with van der Waals surface area (Å²) in [7, 11) is 0. The molecule has 4 heteroatoms. The molecule has 2 N–H and O–H groups in total. The molecule has 0 bridgehead atoms. The molecule has 0 saturated carbocycles. The second kappa shape index (κ2) is 5.10. The van der Waals surface area contributed by atoms with Crippen molar-refractivity contribution in [2.75, 3.05) is 6.54 Å². The maximum atomic E-state index is 5.63. The highest BCUT2D eigenvalue weighted by atomic mass is 15.3. The van der Waals surface area contributed by atoms with Crippen molar-refractivity contribution >= 4 is 0 Å². The molecule has 2 aromatic heterocycles. The van der Waals surface area contributed by atoms with E-state index in [0.717, 1.165) is 17.7 Å². The van der Waals surface area contributed by atoms with Gasteiger partial charge in [0.1, 0.15) is 0 Å². The monoisotopic (exact) mass is 230 g/mol. The van der Waals surface area contributed by atoms with Gasteiger partial charge in [-0.1, -0.05) is 0 Å².